The molecule has 2 rings (SSSR count). The van der Waals surface area contributed by atoms with E-state index in [1.54, 1.807) is 0 Å². The zero-order valence-electron chi connectivity index (χ0n) is 12.8. The van der Waals surface area contributed by atoms with Crippen LogP contribution >= 0.6 is 23.5 Å². The van der Waals surface area contributed by atoms with E-state index in [9.17, 15) is 0 Å². The van der Waals surface area contributed by atoms with Crippen molar-refractivity contribution >= 4 is 23.5 Å². The molecule has 2 aromatic rings. The van der Waals surface area contributed by atoms with Gasteiger partial charge in [0.25, 0.3) is 0 Å². The molecule has 2 heterocycles. The average molecular weight is 435 g/mol. The largest absolute Gasteiger partial charge is 1.00 e. The molecular formula is C15H22IN3S2. The highest BCUT2D eigenvalue weighted by molar-refractivity contribution is 7.99. The van der Waals surface area contributed by atoms with Gasteiger partial charge in [-0.25, -0.2) is 4.57 Å². The van der Waals surface area contributed by atoms with Crippen molar-refractivity contribution in [3.05, 3.63) is 24.0 Å². The van der Waals surface area contributed by atoms with Crippen molar-refractivity contribution in [2.24, 2.45) is 7.05 Å². The summed E-state index contributed by atoms with van der Waals surface area (Å²) in [6, 6.07) is 4.26. The van der Waals surface area contributed by atoms with Crippen LogP contribution in [-0.2, 0) is 7.05 Å². The Bertz CT molecular complexity index is 558. The molecule has 0 aliphatic carbocycles. The molecule has 0 fully saturated rings. The van der Waals surface area contributed by atoms with Gasteiger partial charge in [-0.05, 0) is 18.2 Å². The first-order valence-electron chi connectivity index (χ1n) is 7.14. The van der Waals surface area contributed by atoms with Crippen molar-refractivity contribution in [1.29, 1.82) is 0 Å². The van der Waals surface area contributed by atoms with Gasteiger partial charge in [-0.1, -0.05) is 26.2 Å². The maximum absolute atomic E-state index is 4.47. The van der Waals surface area contributed by atoms with Crippen LogP contribution < -0.4 is 28.5 Å². The first-order valence-corrected chi connectivity index (χ1v) is 8.86. The van der Waals surface area contributed by atoms with Gasteiger partial charge in [-0.3, -0.25) is 0 Å². The highest BCUT2D eigenvalue weighted by Gasteiger charge is 2.14. The van der Waals surface area contributed by atoms with E-state index < -0.39 is 0 Å². The minimum Gasteiger partial charge on any atom is -1.00 e. The fourth-order valence-corrected chi connectivity index (χ4v) is 3.66. The van der Waals surface area contributed by atoms with Crippen molar-refractivity contribution in [3.63, 3.8) is 0 Å². The zero-order chi connectivity index (χ0) is 14.4. The number of nitrogens with zero attached hydrogens (tertiary/aromatic N) is 3. The van der Waals surface area contributed by atoms with Crippen molar-refractivity contribution in [2.75, 3.05) is 5.75 Å². The first kappa shape index (κ1) is 18.8. The molecule has 0 spiro atoms. The number of hydrogen-bond donors (Lipinski definition) is 0. The van der Waals surface area contributed by atoms with Gasteiger partial charge >= 0.3 is 0 Å². The van der Waals surface area contributed by atoms with Crippen LogP contribution in [0.3, 0.4) is 0 Å². The highest BCUT2D eigenvalue weighted by atomic mass is 127. The third kappa shape index (κ3) is 5.49. The second-order valence-electron chi connectivity index (χ2n) is 5.00. The molecule has 0 N–H and O–H groups in total. The van der Waals surface area contributed by atoms with E-state index in [0.717, 1.165) is 22.0 Å². The van der Waals surface area contributed by atoms with Crippen LogP contribution in [0.1, 0.15) is 38.3 Å². The zero-order valence-corrected chi connectivity index (χ0v) is 16.6. The van der Waals surface area contributed by atoms with E-state index in [1.807, 2.05) is 11.8 Å². The lowest BCUT2D eigenvalue weighted by molar-refractivity contribution is -0.677. The first-order chi connectivity index (χ1) is 9.72. The van der Waals surface area contributed by atoms with Gasteiger partial charge in [0.2, 0.25) is 0 Å². The predicted octanol–water partition coefficient (Wildman–Crippen LogP) is 1.01. The summed E-state index contributed by atoms with van der Waals surface area (Å²) in [5.41, 5.74) is 3.43. The fraction of sp³-hybridized carbons (Fsp3) is 0.533. The molecule has 0 unspecified atom stereocenters. The van der Waals surface area contributed by atoms with E-state index in [4.69, 9.17) is 0 Å². The Kier molecular flexibility index (Phi) is 8.73. The minimum atomic E-state index is 0. The molecule has 0 radical (unpaired) electrons. The summed E-state index contributed by atoms with van der Waals surface area (Å²) in [6.07, 6.45) is 7.32. The molecule has 0 saturated carbocycles. The summed E-state index contributed by atoms with van der Waals surface area (Å²) >= 11 is 3.15. The molecule has 0 atom stereocenters. The van der Waals surface area contributed by atoms with Gasteiger partial charge in [0.05, 0.1) is 17.3 Å². The summed E-state index contributed by atoms with van der Waals surface area (Å²) in [6.45, 7) is 4.35. The molecule has 0 aliphatic rings. The quantitative estimate of drug-likeness (QED) is 0.282. The van der Waals surface area contributed by atoms with E-state index in [1.165, 1.54) is 43.1 Å². The Labute approximate surface area is 152 Å². The standard InChI is InChI=1S/C15H22N3S2.HI/c1-4-5-6-7-10-19-15-14(16-20-17-15)13-9-8-12(2)18(3)11-13;/h8-9,11H,4-7,10H2,1-3H3;1H/q+1;/p-1. The summed E-state index contributed by atoms with van der Waals surface area (Å²) < 4.78 is 11.0. The highest BCUT2D eigenvalue weighted by Crippen LogP contribution is 2.29. The SMILES string of the molecule is CCCCCCSc1nsnc1-c1ccc(C)[n+](C)c1.[I-]. The van der Waals surface area contributed by atoms with Gasteiger partial charge in [0.15, 0.2) is 11.9 Å². The molecule has 0 amide bonds. The Hall–Kier alpha value is -0.210. The predicted molar refractivity (Wildman–Crippen MR) is 86.1 cm³/mol. The van der Waals surface area contributed by atoms with Gasteiger partial charge in [0.1, 0.15) is 17.8 Å². The van der Waals surface area contributed by atoms with Crippen LogP contribution in [0.5, 0.6) is 0 Å². The molecule has 0 aliphatic heterocycles. The fourth-order valence-electron chi connectivity index (χ4n) is 1.97. The third-order valence-electron chi connectivity index (χ3n) is 3.36. The molecular weight excluding hydrogens is 413 g/mol. The van der Waals surface area contributed by atoms with Crippen LogP contribution in [0.25, 0.3) is 11.3 Å². The van der Waals surface area contributed by atoms with E-state index in [2.05, 4.69) is 52.5 Å². The van der Waals surface area contributed by atoms with Crippen molar-refractivity contribution in [1.82, 2.24) is 8.75 Å². The topological polar surface area (TPSA) is 29.7 Å². The van der Waals surface area contributed by atoms with Crippen LogP contribution in [-0.4, -0.2) is 14.5 Å². The van der Waals surface area contributed by atoms with E-state index in [0.29, 0.717) is 0 Å². The maximum Gasteiger partial charge on any atom is 0.178 e. The molecule has 116 valence electrons. The lowest BCUT2D eigenvalue weighted by Gasteiger charge is -2.01. The Morgan fingerprint density at radius 2 is 2.00 bits per heavy atom. The van der Waals surface area contributed by atoms with Gasteiger partial charge in [-0.2, -0.15) is 8.75 Å². The third-order valence-corrected chi connectivity index (χ3v) is 5.06. The average Bonchev–Trinajstić information content (AvgIpc) is 2.90. The second kappa shape index (κ2) is 9.74. The second-order valence-corrected chi connectivity index (χ2v) is 6.61. The number of thioether (sulfide) groups is 1. The number of rotatable bonds is 7. The number of halogens is 1. The summed E-state index contributed by atoms with van der Waals surface area (Å²) in [5.74, 6) is 1.14. The number of aryl methyl sites for hydroxylation is 2. The molecule has 0 aromatic carbocycles. The van der Waals surface area contributed by atoms with E-state index >= 15 is 0 Å². The van der Waals surface area contributed by atoms with Gasteiger partial charge < -0.3 is 24.0 Å². The molecule has 0 saturated heterocycles. The lowest BCUT2D eigenvalue weighted by Crippen LogP contribution is -3.00. The normalized spacial score (nSPS) is 10.4. The summed E-state index contributed by atoms with van der Waals surface area (Å²) in [4.78, 5) is 0. The minimum absolute atomic E-state index is 0. The van der Waals surface area contributed by atoms with Crippen LogP contribution in [0.4, 0.5) is 0 Å². The van der Waals surface area contributed by atoms with Crippen molar-refractivity contribution in [3.8, 4) is 11.3 Å². The number of unbranched alkanes of at least 4 members (excludes halogenated alkanes) is 3. The van der Waals surface area contributed by atoms with Gasteiger partial charge in [0, 0.05) is 13.0 Å². The van der Waals surface area contributed by atoms with Crippen LogP contribution in [0, 0.1) is 6.92 Å². The van der Waals surface area contributed by atoms with Crippen LogP contribution in [0.2, 0.25) is 0 Å². The molecule has 3 nitrogen and oxygen atoms in total. The Balaban J connectivity index is 0.00000220. The number of pyridine rings is 1. The van der Waals surface area contributed by atoms with Crippen molar-refractivity contribution < 1.29 is 28.5 Å². The van der Waals surface area contributed by atoms with Crippen molar-refractivity contribution in [2.45, 2.75) is 44.6 Å². The van der Waals surface area contributed by atoms with E-state index in [-0.39, 0.29) is 24.0 Å². The van der Waals surface area contributed by atoms with Crippen LogP contribution in [0.15, 0.2) is 23.4 Å². The Morgan fingerprint density at radius 1 is 1.19 bits per heavy atom. The molecule has 6 heteroatoms. The molecule has 0 bridgehead atoms. The molecule has 2 aromatic heterocycles. The lowest BCUT2D eigenvalue weighted by atomic mass is 10.2. The summed E-state index contributed by atoms with van der Waals surface area (Å²) in [7, 11) is 2.07. The molecule has 21 heavy (non-hydrogen) atoms. The number of aromatic nitrogens is 3. The van der Waals surface area contributed by atoms with Gasteiger partial charge in [-0.15, -0.1) is 11.8 Å². The smallest absolute Gasteiger partial charge is 0.178 e. The summed E-state index contributed by atoms with van der Waals surface area (Å²) in [5, 5.41) is 1.08. The maximum atomic E-state index is 4.47. The Morgan fingerprint density at radius 3 is 2.71 bits per heavy atom. The monoisotopic (exact) mass is 435 g/mol. The number of hydrogen-bond acceptors (Lipinski definition) is 4.